The van der Waals surface area contributed by atoms with Crippen LogP contribution in [0.25, 0.3) is 0 Å². The van der Waals surface area contributed by atoms with Gasteiger partial charge >= 0.3 is 0 Å². The molecule has 0 saturated heterocycles. The highest BCUT2D eigenvalue weighted by Gasteiger charge is 1.84. The summed E-state index contributed by atoms with van der Waals surface area (Å²) in [5, 5.41) is 3.91. The Morgan fingerprint density at radius 2 is 2.62 bits per heavy atom. The van der Waals surface area contributed by atoms with E-state index in [4.69, 9.17) is 6.42 Å². The van der Waals surface area contributed by atoms with Crippen molar-refractivity contribution in [3.05, 3.63) is 18.0 Å². The SMILES string of the molecule is C#Cn1ccc(C)n1. The molecule has 1 aromatic rings. The van der Waals surface area contributed by atoms with Crippen molar-refractivity contribution in [1.29, 1.82) is 0 Å². The van der Waals surface area contributed by atoms with Gasteiger partial charge in [0.05, 0.1) is 5.69 Å². The van der Waals surface area contributed by atoms with Crippen LogP contribution in [0.5, 0.6) is 0 Å². The second-order valence-electron chi connectivity index (χ2n) is 1.53. The van der Waals surface area contributed by atoms with Crippen molar-refractivity contribution < 1.29 is 0 Å². The molecule has 0 aliphatic carbocycles. The van der Waals surface area contributed by atoms with Gasteiger partial charge in [-0.25, -0.2) is 0 Å². The first-order chi connectivity index (χ1) is 3.83. The minimum absolute atomic E-state index is 0.947. The normalized spacial score (nSPS) is 8.50. The largest absolute Gasteiger partial charge is 0.197 e. The molecule has 0 aromatic carbocycles. The van der Waals surface area contributed by atoms with Crippen LogP contribution in [0.4, 0.5) is 0 Å². The molecule has 0 aliphatic rings. The summed E-state index contributed by atoms with van der Waals surface area (Å²) in [6.45, 7) is 1.90. The molecule has 8 heavy (non-hydrogen) atoms. The maximum atomic E-state index is 5.01. The predicted octanol–water partition coefficient (Wildman–Crippen LogP) is 0.630. The van der Waals surface area contributed by atoms with E-state index in [2.05, 4.69) is 11.1 Å². The topological polar surface area (TPSA) is 17.8 Å². The lowest BCUT2D eigenvalue weighted by Gasteiger charge is -1.79. The number of aryl methyl sites for hydroxylation is 1. The van der Waals surface area contributed by atoms with E-state index >= 15 is 0 Å². The Hall–Kier alpha value is -1.23. The Morgan fingerprint density at radius 3 is 2.88 bits per heavy atom. The number of aromatic nitrogens is 2. The summed E-state index contributed by atoms with van der Waals surface area (Å²) in [7, 11) is 0. The second-order valence-corrected chi connectivity index (χ2v) is 1.53. The highest BCUT2D eigenvalue weighted by Crippen LogP contribution is 1.88. The van der Waals surface area contributed by atoms with Crippen LogP contribution in [0.1, 0.15) is 5.69 Å². The molecule has 0 aliphatic heterocycles. The molecule has 0 unspecified atom stereocenters. The predicted molar refractivity (Wildman–Crippen MR) is 31.2 cm³/mol. The number of rotatable bonds is 0. The van der Waals surface area contributed by atoms with Crippen molar-refractivity contribution in [3.63, 3.8) is 0 Å². The number of hydrogen-bond donors (Lipinski definition) is 0. The molecule has 0 radical (unpaired) electrons. The van der Waals surface area contributed by atoms with Crippen molar-refractivity contribution in [2.45, 2.75) is 6.92 Å². The molecule has 0 atom stereocenters. The Bertz CT molecular complexity index is 217. The lowest BCUT2D eigenvalue weighted by molar-refractivity contribution is 0.896. The van der Waals surface area contributed by atoms with Gasteiger partial charge < -0.3 is 0 Å². The van der Waals surface area contributed by atoms with Gasteiger partial charge in [0.15, 0.2) is 0 Å². The lowest BCUT2D eigenvalue weighted by Crippen LogP contribution is -1.86. The quantitative estimate of drug-likeness (QED) is 0.443. The maximum absolute atomic E-state index is 5.01. The Kier molecular flexibility index (Phi) is 1.05. The third kappa shape index (κ3) is 0.710. The van der Waals surface area contributed by atoms with Crippen LogP contribution in [0.2, 0.25) is 0 Å². The average molecular weight is 106 g/mol. The summed E-state index contributed by atoms with van der Waals surface area (Å²) < 4.78 is 1.44. The molecule has 0 saturated carbocycles. The zero-order valence-electron chi connectivity index (χ0n) is 4.63. The van der Waals surface area contributed by atoms with Gasteiger partial charge in [-0.05, 0) is 13.0 Å². The highest BCUT2D eigenvalue weighted by atomic mass is 15.2. The van der Waals surface area contributed by atoms with E-state index in [1.54, 1.807) is 6.20 Å². The van der Waals surface area contributed by atoms with E-state index in [0.717, 1.165) is 5.69 Å². The summed E-state index contributed by atoms with van der Waals surface area (Å²) >= 11 is 0. The van der Waals surface area contributed by atoms with Crippen molar-refractivity contribution >= 4 is 0 Å². The monoisotopic (exact) mass is 106 g/mol. The number of terminal acetylenes is 1. The van der Waals surface area contributed by atoms with Crippen molar-refractivity contribution in [2.75, 3.05) is 0 Å². The lowest BCUT2D eigenvalue weighted by atomic mass is 10.5. The van der Waals surface area contributed by atoms with Gasteiger partial charge in [-0.15, -0.1) is 0 Å². The van der Waals surface area contributed by atoms with Crippen LogP contribution in [-0.2, 0) is 0 Å². The van der Waals surface area contributed by atoms with E-state index in [-0.39, 0.29) is 0 Å². The average Bonchev–Trinajstić information content (AvgIpc) is 2.14. The molecule has 0 bridgehead atoms. The van der Waals surface area contributed by atoms with Crippen LogP contribution in [-0.4, -0.2) is 9.78 Å². The minimum atomic E-state index is 0.947. The van der Waals surface area contributed by atoms with Gasteiger partial charge in [-0.3, -0.25) is 0 Å². The van der Waals surface area contributed by atoms with Crippen molar-refractivity contribution in [2.24, 2.45) is 0 Å². The molecular weight excluding hydrogens is 100 g/mol. The molecular formula is C6H6N2. The first kappa shape index (κ1) is 4.92. The van der Waals surface area contributed by atoms with Crippen molar-refractivity contribution in [3.8, 4) is 12.5 Å². The smallest absolute Gasteiger partial charge is 0.0605 e. The highest BCUT2D eigenvalue weighted by molar-refractivity contribution is 5.00. The molecule has 0 amide bonds. The van der Waals surface area contributed by atoms with Gasteiger partial charge in [-0.2, -0.15) is 9.78 Å². The van der Waals surface area contributed by atoms with E-state index < -0.39 is 0 Å². The molecule has 1 rings (SSSR count). The zero-order chi connectivity index (χ0) is 5.98. The fourth-order valence-corrected chi connectivity index (χ4v) is 0.487. The van der Waals surface area contributed by atoms with Gasteiger partial charge in [0, 0.05) is 12.2 Å². The first-order valence-electron chi connectivity index (χ1n) is 2.32. The van der Waals surface area contributed by atoms with Gasteiger partial charge in [0.1, 0.15) is 0 Å². The van der Waals surface area contributed by atoms with E-state index in [9.17, 15) is 0 Å². The second kappa shape index (κ2) is 1.71. The molecule has 0 spiro atoms. The van der Waals surface area contributed by atoms with E-state index in [1.807, 2.05) is 13.0 Å². The third-order valence-electron chi connectivity index (χ3n) is 0.855. The third-order valence-corrected chi connectivity index (χ3v) is 0.855. The summed E-state index contributed by atoms with van der Waals surface area (Å²) in [4.78, 5) is 0. The van der Waals surface area contributed by atoms with Crippen LogP contribution in [0.3, 0.4) is 0 Å². The Morgan fingerprint density at radius 1 is 1.88 bits per heavy atom. The number of nitrogens with zero attached hydrogens (tertiary/aromatic N) is 2. The summed E-state index contributed by atoms with van der Waals surface area (Å²) in [6, 6.07) is 4.21. The fraction of sp³-hybridized carbons (Fsp3) is 0.167. The summed E-state index contributed by atoms with van der Waals surface area (Å²) in [6.07, 6.45) is 6.76. The molecule has 1 heterocycles. The molecule has 0 fully saturated rings. The fourth-order valence-electron chi connectivity index (χ4n) is 0.487. The first-order valence-corrected chi connectivity index (χ1v) is 2.32. The molecule has 2 nitrogen and oxygen atoms in total. The molecule has 1 aromatic heterocycles. The van der Waals surface area contributed by atoms with Gasteiger partial charge in [0.2, 0.25) is 0 Å². The van der Waals surface area contributed by atoms with Crippen LogP contribution in [0, 0.1) is 19.4 Å². The van der Waals surface area contributed by atoms with Gasteiger partial charge in [0.25, 0.3) is 0 Å². The molecule has 0 N–H and O–H groups in total. The Labute approximate surface area is 48.1 Å². The minimum Gasteiger partial charge on any atom is -0.197 e. The van der Waals surface area contributed by atoms with E-state index in [0.29, 0.717) is 0 Å². The summed E-state index contributed by atoms with van der Waals surface area (Å²) in [5.41, 5.74) is 0.947. The number of hydrogen-bond acceptors (Lipinski definition) is 1. The van der Waals surface area contributed by atoms with Crippen LogP contribution >= 0.6 is 0 Å². The van der Waals surface area contributed by atoms with Gasteiger partial charge in [-0.1, -0.05) is 6.42 Å². The van der Waals surface area contributed by atoms with E-state index in [1.165, 1.54) is 4.68 Å². The molecule has 40 valence electrons. The van der Waals surface area contributed by atoms with Crippen LogP contribution in [0.15, 0.2) is 12.3 Å². The Balaban J connectivity index is 3.05. The zero-order valence-corrected chi connectivity index (χ0v) is 4.63. The molecule has 2 heteroatoms. The maximum Gasteiger partial charge on any atom is 0.0605 e. The summed E-state index contributed by atoms with van der Waals surface area (Å²) in [5.74, 6) is 0. The standard InChI is InChI=1S/C6H6N2/c1-3-8-5-4-6(2)7-8/h1,4-5H,2H3. The van der Waals surface area contributed by atoms with Crippen molar-refractivity contribution in [1.82, 2.24) is 9.78 Å². The van der Waals surface area contributed by atoms with Crippen LogP contribution < -0.4 is 0 Å².